The van der Waals surface area contributed by atoms with E-state index in [1.807, 2.05) is 6.07 Å². The zero-order valence-corrected chi connectivity index (χ0v) is 19.7. The molecule has 2 aliphatic carbocycles. The van der Waals surface area contributed by atoms with E-state index in [1.54, 1.807) is 60.7 Å². The lowest BCUT2D eigenvalue weighted by atomic mass is 9.60. The van der Waals surface area contributed by atoms with E-state index in [1.165, 1.54) is 30.3 Å². The lowest BCUT2D eigenvalue weighted by Gasteiger charge is -2.40. The Balaban J connectivity index is 1.58. The molecule has 0 spiro atoms. The summed E-state index contributed by atoms with van der Waals surface area (Å²) in [7, 11) is 0. The standard InChI is InChI=1S/C32H22F2O3/c33-20-11-13-22-24(15-20)26(17-27(35)18-7-3-1-4-8-18)30(31(36)19-9-5-2-6-10-19)28-25-16-21(34)12-14-23(25)32(37)29(22)28/h1-16,26,28-30H,17H2/t26-,28-,29-,30+/m1/s1. The average Bonchev–Trinajstić information content (AvgIpc) is 3.20. The van der Waals surface area contributed by atoms with Gasteiger partial charge in [0.2, 0.25) is 0 Å². The number of fused-ring (bicyclic) bond motifs is 5. The highest BCUT2D eigenvalue weighted by molar-refractivity contribution is 6.10. The minimum absolute atomic E-state index is 0.0498. The Morgan fingerprint density at radius 3 is 1.95 bits per heavy atom. The maximum Gasteiger partial charge on any atom is 0.171 e. The first kappa shape index (κ1) is 23.2. The third-order valence-electron chi connectivity index (χ3n) is 7.75. The van der Waals surface area contributed by atoms with Crippen LogP contribution in [0.5, 0.6) is 0 Å². The van der Waals surface area contributed by atoms with E-state index in [-0.39, 0.29) is 23.8 Å². The summed E-state index contributed by atoms with van der Waals surface area (Å²) in [6.07, 6.45) is -0.0498. The van der Waals surface area contributed by atoms with Crippen LogP contribution in [0.4, 0.5) is 8.78 Å². The molecule has 3 nitrogen and oxygen atoms in total. The summed E-state index contributed by atoms with van der Waals surface area (Å²) < 4.78 is 29.1. The summed E-state index contributed by atoms with van der Waals surface area (Å²) in [4.78, 5) is 41.2. The van der Waals surface area contributed by atoms with E-state index < -0.39 is 35.3 Å². The van der Waals surface area contributed by atoms with E-state index in [0.29, 0.717) is 33.4 Å². The Bertz CT molecular complexity index is 1550. The monoisotopic (exact) mass is 492 g/mol. The van der Waals surface area contributed by atoms with Gasteiger partial charge in [0.15, 0.2) is 17.3 Å². The SMILES string of the molecule is O=C(C[C@@H]1c2cc(F)ccc2[C@H]2C(=O)c3ccc(F)cc3[C@H]2[C@H]1C(=O)c1ccccc1)c1ccccc1. The Labute approximate surface area is 212 Å². The minimum Gasteiger partial charge on any atom is -0.294 e. The van der Waals surface area contributed by atoms with Gasteiger partial charge in [-0.05, 0) is 47.0 Å². The van der Waals surface area contributed by atoms with Gasteiger partial charge in [0.25, 0.3) is 0 Å². The number of carbonyl (C=O) groups is 3. The molecule has 4 atom stereocenters. The smallest absolute Gasteiger partial charge is 0.171 e. The van der Waals surface area contributed by atoms with Crippen LogP contribution in [0.25, 0.3) is 0 Å². The Morgan fingerprint density at radius 2 is 1.27 bits per heavy atom. The second kappa shape index (κ2) is 9.00. The van der Waals surface area contributed by atoms with Gasteiger partial charge in [-0.2, -0.15) is 0 Å². The predicted molar refractivity (Wildman–Crippen MR) is 135 cm³/mol. The number of rotatable bonds is 5. The van der Waals surface area contributed by atoms with Crippen molar-refractivity contribution in [2.75, 3.05) is 0 Å². The van der Waals surface area contributed by atoms with Crippen LogP contribution in [0.2, 0.25) is 0 Å². The maximum atomic E-state index is 14.6. The number of hydrogen-bond acceptors (Lipinski definition) is 3. The van der Waals surface area contributed by atoms with Crippen molar-refractivity contribution in [2.45, 2.75) is 24.2 Å². The number of benzene rings is 4. The first-order valence-electron chi connectivity index (χ1n) is 12.2. The van der Waals surface area contributed by atoms with Gasteiger partial charge in [0, 0.05) is 40.9 Å². The van der Waals surface area contributed by atoms with Crippen molar-refractivity contribution in [3.8, 4) is 0 Å². The first-order valence-corrected chi connectivity index (χ1v) is 12.2. The van der Waals surface area contributed by atoms with Crippen molar-refractivity contribution in [3.63, 3.8) is 0 Å². The number of halogens is 2. The van der Waals surface area contributed by atoms with Crippen molar-refractivity contribution in [1.82, 2.24) is 0 Å². The van der Waals surface area contributed by atoms with Crippen LogP contribution in [-0.2, 0) is 0 Å². The number of hydrogen-bond donors (Lipinski definition) is 0. The van der Waals surface area contributed by atoms with E-state index in [9.17, 15) is 23.2 Å². The van der Waals surface area contributed by atoms with Crippen LogP contribution in [0.15, 0.2) is 97.1 Å². The summed E-state index contributed by atoms with van der Waals surface area (Å²) in [5, 5.41) is 0. The van der Waals surface area contributed by atoms with Crippen molar-refractivity contribution < 1.29 is 23.2 Å². The normalized spacial score (nSPS) is 21.6. The van der Waals surface area contributed by atoms with Gasteiger partial charge in [0.1, 0.15) is 11.6 Å². The van der Waals surface area contributed by atoms with Gasteiger partial charge in [-0.25, -0.2) is 8.78 Å². The van der Waals surface area contributed by atoms with Crippen molar-refractivity contribution >= 4 is 17.3 Å². The minimum atomic E-state index is -0.860. The molecular weight excluding hydrogens is 470 g/mol. The topological polar surface area (TPSA) is 51.2 Å². The van der Waals surface area contributed by atoms with E-state index in [0.717, 1.165) is 0 Å². The molecule has 0 saturated heterocycles. The first-order chi connectivity index (χ1) is 17.9. The molecule has 0 unspecified atom stereocenters. The quantitative estimate of drug-likeness (QED) is 0.285. The average molecular weight is 493 g/mol. The van der Waals surface area contributed by atoms with Crippen LogP contribution in [0.3, 0.4) is 0 Å². The Hall–Kier alpha value is -4.25. The van der Waals surface area contributed by atoms with E-state index >= 15 is 0 Å². The summed E-state index contributed by atoms with van der Waals surface area (Å²) in [5.41, 5.74) is 2.84. The van der Waals surface area contributed by atoms with Gasteiger partial charge in [-0.15, -0.1) is 0 Å². The van der Waals surface area contributed by atoms with Crippen LogP contribution in [-0.4, -0.2) is 17.3 Å². The number of ketones is 3. The molecule has 2 aliphatic rings. The molecule has 0 N–H and O–H groups in total. The van der Waals surface area contributed by atoms with E-state index in [4.69, 9.17) is 0 Å². The van der Waals surface area contributed by atoms with Gasteiger partial charge >= 0.3 is 0 Å². The molecule has 6 rings (SSSR count). The van der Waals surface area contributed by atoms with Crippen LogP contribution in [0.1, 0.15) is 71.9 Å². The maximum absolute atomic E-state index is 14.6. The molecule has 0 amide bonds. The molecule has 0 bridgehead atoms. The molecule has 0 aliphatic heterocycles. The third-order valence-corrected chi connectivity index (χ3v) is 7.75. The predicted octanol–water partition coefficient (Wildman–Crippen LogP) is 6.90. The summed E-state index contributed by atoms with van der Waals surface area (Å²) >= 11 is 0. The van der Waals surface area contributed by atoms with Crippen LogP contribution in [0, 0.1) is 17.6 Å². The van der Waals surface area contributed by atoms with Crippen molar-refractivity contribution in [3.05, 3.63) is 142 Å². The fourth-order valence-corrected chi connectivity index (χ4v) is 6.19. The highest BCUT2D eigenvalue weighted by Gasteiger charge is 2.54. The summed E-state index contributed by atoms with van der Waals surface area (Å²) in [5.74, 6) is -4.64. The largest absolute Gasteiger partial charge is 0.294 e. The lowest BCUT2D eigenvalue weighted by molar-refractivity contribution is 0.0814. The molecule has 4 aromatic carbocycles. The number of Topliss-reactive ketones (excluding diaryl/α,β-unsaturated/α-hetero) is 3. The highest BCUT2D eigenvalue weighted by atomic mass is 19.1. The number of carbonyl (C=O) groups excluding carboxylic acids is 3. The highest BCUT2D eigenvalue weighted by Crippen LogP contribution is 2.58. The second-order valence-corrected chi connectivity index (χ2v) is 9.73. The molecule has 182 valence electrons. The fourth-order valence-electron chi connectivity index (χ4n) is 6.19. The van der Waals surface area contributed by atoms with E-state index in [2.05, 4.69) is 0 Å². The van der Waals surface area contributed by atoms with Crippen molar-refractivity contribution in [1.29, 1.82) is 0 Å². The van der Waals surface area contributed by atoms with Gasteiger partial charge < -0.3 is 0 Å². The molecule has 4 aromatic rings. The molecule has 0 fully saturated rings. The molecule has 0 saturated carbocycles. The van der Waals surface area contributed by atoms with Crippen LogP contribution < -0.4 is 0 Å². The molecular formula is C32H22F2O3. The summed E-state index contributed by atoms with van der Waals surface area (Å²) in [6, 6.07) is 25.7. The Kier molecular flexibility index (Phi) is 5.64. The Morgan fingerprint density at radius 1 is 0.676 bits per heavy atom. The van der Waals surface area contributed by atoms with Crippen molar-refractivity contribution in [2.24, 2.45) is 5.92 Å². The van der Waals surface area contributed by atoms with Gasteiger partial charge in [-0.3, -0.25) is 14.4 Å². The molecule has 0 heterocycles. The van der Waals surface area contributed by atoms with Gasteiger partial charge in [-0.1, -0.05) is 66.7 Å². The van der Waals surface area contributed by atoms with Crippen LogP contribution >= 0.6 is 0 Å². The lowest BCUT2D eigenvalue weighted by Crippen LogP contribution is -2.37. The molecule has 37 heavy (non-hydrogen) atoms. The fraction of sp³-hybridized carbons (Fsp3) is 0.156. The third kappa shape index (κ3) is 3.82. The molecule has 0 aromatic heterocycles. The molecule has 5 heteroatoms. The second-order valence-electron chi connectivity index (χ2n) is 9.73. The zero-order valence-electron chi connectivity index (χ0n) is 19.7. The molecule has 0 radical (unpaired) electrons. The summed E-state index contributed by atoms with van der Waals surface area (Å²) in [6.45, 7) is 0. The van der Waals surface area contributed by atoms with Gasteiger partial charge in [0.05, 0.1) is 5.92 Å². The zero-order chi connectivity index (χ0) is 25.7.